The predicted molar refractivity (Wildman–Crippen MR) is 134 cm³/mol. The second-order valence-electron chi connectivity index (χ2n) is 8.23. The van der Waals surface area contributed by atoms with Crippen LogP contribution in [0.15, 0.2) is 17.4 Å². The van der Waals surface area contributed by atoms with Crippen LogP contribution in [0.3, 0.4) is 0 Å². The number of nitrogens with zero attached hydrogens (tertiary/aromatic N) is 4. The SMILES string of the molecule is C=CCOC(=O)c1sc(NC(=O)Cn2c(CN3CCCC3)nc3sc(C)c(C)c3c2=O)nc1C. The molecule has 3 aromatic rings. The molecule has 4 heterocycles. The Bertz CT molecular complexity index is 1320. The summed E-state index contributed by atoms with van der Waals surface area (Å²) in [7, 11) is 0. The Kier molecular flexibility index (Phi) is 7.24. The van der Waals surface area contributed by atoms with Crippen molar-refractivity contribution < 1.29 is 14.3 Å². The molecule has 0 saturated carbocycles. The van der Waals surface area contributed by atoms with Crippen molar-refractivity contribution in [3.8, 4) is 0 Å². The Morgan fingerprint density at radius 3 is 2.62 bits per heavy atom. The Morgan fingerprint density at radius 2 is 1.91 bits per heavy atom. The zero-order valence-corrected chi connectivity index (χ0v) is 21.1. The summed E-state index contributed by atoms with van der Waals surface area (Å²) in [6.45, 7) is 11.4. The molecule has 0 unspecified atom stereocenters. The highest BCUT2D eigenvalue weighted by Crippen LogP contribution is 2.27. The van der Waals surface area contributed by atoms with Gasteiger partial charge in [-0.1, -0.05) is 24.0 Å². The van der Waals surface area contributed by atoms with Gasteiger partial charge in [-0.25, -0.2) is 14.8 Å². The molecule has 1 aliphatic rings. The maximum atomic E-state index is 13.4. The number of thiazole rings is 1. The highest BCUT2D eigenvalue weighted by atomic mass is 32.1. The van der Waals surface area contributed by atoms with E-state index < -0.39 is 11.9 Å². The zero-order valence-electron chi connectivity index (χ0n) is 19.5. The summed E-state index contributed by atoms with van der Waals surface area (Å²) < 4.78 is 6.53. The maximum Gasteiger partial charge on any atom is 0.350 e. The number of rotatable bonds is 8. The first-order valence-electron chi connectivity index (χ1n) is 11.1. The molecule has 180 valence electrons. The zero-order chi connectivity index (χ0) is 24.4. The van der Waals surface area contributed by atoms with Crippen LogP contribution in [-0.2, 0) is 22.6 Å². The minimum Gasteiger partial charge on any atom is -0.457 e. The molecule has 0 spiro atoms. The van der Waals surface area contributed by atoms with Gasteiger partial charge in [0, 0.05) is 4.88 Å². The summed E-state index contributed by atoms with van der Waals surface area (Å²) >= 11 is 2.54. The van der Waals surface area contributed by atoms with E-state index in [0.29, 0.717) is 33.2 Å². The Hall–Kier alpha value is -2.89. The lowest BCUT2D eigenvalue weighted by Crippen LogP contribution is -2.33. The van der Waals surface area contributed by atoms with Crippen LogP contribution >= 0.6 is 22.7 Å². The van der Waals surface area contributed by atoms with Crippen molar-refractivity contribution in [2.75, 3.05) is 25.0 Å². The molecule has 0 bridgehead atoms. The predicted octanol–water partition coefficient (Wildman–Crippen LogP) is 3.42. The minimum atomic E-state index is -0.516. The fraction of sp³-hybridized carbons (Fsp3) is 0.435. The van der Waals surface area contributed by atoms with Crippen LogP contribution in [0.25, 0.3) is 10.2 Å². The molecule has 4 rings (SSSR count). The Labute approximate surface area is 205 Å². The lowest BCUT2D eigenvalue weighted by molar-refractivity contribution is -0.116. The number of carbonyl (C=O) groups excluding carboxylic acids is 2. The van der Waals surface area contributed by atoms with Crippen LogP contribution in [-0.4, -0.2) is 51.0 Å². The normalized spacial score (nSPS) is 14.0. The number of nitrogens with one attached hydrogen (secondary N) is 1. The number of hydrogen-bond acceptors (Lipinski definition) is 9. The number of anilines is 1. The molecule has 11 heteroatoms. The minimum absolute atomic E-state index is 0.0948. The first-order valence-corrected chi connectivity index (χ1v) is 12.7. The highest BCUT2D eigenvalue weighted by Gasteiger charge is 2.22. The molecule has 9 nitrogen and oxygen atoms in total. The molecule has 1 N–H and O–H groups in total. The third kappa shape index (κ3) is 4.96. The molecule has 0 radical (unpaired) electrons. The summed E-state index contributed by atoms with van der Waals surface area (Å²) in [5, 5.41) is 3.56. The van der Waals surface area contributed by atoms with Gasteiger partial charge in [0.15, 0.2) is 5.13 Å². The lowest BCUT2D eigenvalue weighted by atomic mass is 10.2. The number of amides is 1. The van der Waals surface area contributed by atoms with Gasteiger partial charge in [0.2, 0.25) is 5.91 Å². The summed E-state index contributed by atoms with van der Waals surface area (Å²) in [5.41, 5.74) is 1.16. The number of aromatic nitrogens is 3. The van der Waals surface area contributed by atoms with Crippen LogP contribution in [0.1, 0.15) is 44.5 Å². The van der Waals surface area contributed by atoms with E-state index in [9.17, 15) is 14.4 Å². The first-order chi connectivity index (χ1) is 16.3. The molecule has 1 fully saturated rings. The quantitative estimate of drug-likeness (QED) is 0.372. The van der Waals surface area contributed by atoms with Crippen molar-refractivity contribution in [1.82, 2.24) is 19.4 Å². The second-order valence-corrected chi connectivity index (χ2v) is 10.4. The number of hydrogen-bond donors (Lipinski definition) is 1. The van der Waals surface area contributed by atoms with Gasteiger partial charge < -0.3 is 10.1 Å². The number of aryl methyl sites for hydroxylation is 3. The summed E-state index contributed by atoms with van der Waals surface area (Å²) in [4.78, 5) is 51.9. The smallest absolute Gasteiger partial charge is 0.350 e. The van der Waals surface area contributed by atoms with Gasteiger partial charge in [0.1, 0.15) is 28.7 Å². The number of ether oxygens (including phenoxy) is 1. The highest BCUT2D eigenvalue weighted by molar-refractivity contribution is 7.18. The molecule has 0 aliphatic carbocycles. The van der Waals surface area contributed by atoms with Crippen LogP contribution in [0.2, 0.25) is 0 Å². The van der Waals surface area contributed by atoms with Gasteiger partial charge in [-0.2, -0.15) is 0 Å². The van der Waals surface area contributed by atoms with Gasteiger partial charge in [-0.05, 0) is 52.3 Å². The number of likely N-dealkylation sites (tertiary alicyclic amines) is 1. The number of thiophene rings is 1. The number of esters is 1. The molecule has 0 aromatic carbocycles. The molecule has 1 amide bonds. The lowest BCUT2D eigenvalue weighted by Gasteiger charge is -2.18. The van der Waals surface area contributed by atoms with E-state index in [-0.39, 0.29) is 23.8 Å². The van der Waals surface area contributed by atoms with Crippen molar-refractivity contribution in [1.29, 1.82) is 0 Å². The second kappa shape index (κ2) is 10.2. The Balaban J connectivity index is 1.60. The molecular weight excluding hydrogens is 474 g/mol. The third-order valence-electron chi connectivity index (χ3n) is 5.79. The fourth-order valence-electron chi connectivity index (χ4n) is 3.94. The van der Waals surface area contributed by atoms with Crippen LogP contribution < -0.4 is 10.9 Å². The van der Waals surface area contributed by atoms with Crippen molar-refractivity contribution in [2.24, 2.45) is 0 Å². The molecule has 34 heavy (non-hydrogen) atoms. The Morgan fingerprint density at radius 1 is 1.18 bits per heavy atom. The van der Waals surface area contributed by atoms with Crippen molar-refractivity contribution in [2.45, 2.75) is 46.7 Å². The first kappa shape index (κ1) is 24.2. The van der Waals surface area contributed by atoms with Gasteiger partial charge in [-0.15, -0.1) is 11.3 Å². The standard InChI is InChI=1S/C23H27N5O4S2/c1-5-10-32-22(31)19-14(3)24-23(34-19)26-17(29)12-28-16(11-27-8-6-7-9-27)25-20-18(21(28)30)13(2)15(4)33-20/h5H,1,6-12H2,2-4H3,(H,24,26,29). The van der Waals surface area contributed by atoms with Gasteiger partial charge in [0.25, 0.3) is 5.56 Å². The van der Waals surface area contributed by atoms with Crippen LogP contribution in [0, 0.1) is 20.8 Å². The van der Waals surface area contributed by atoms with E-state index in [1.165, 1.54) is 22.0 Å². The molecule has 1 saturated heterocycles. The molecule has 3 aromatic heterocycles. The molecule has 1 aliphatic heterocycles. The number of carbonyl (C=O) groups is 2. The van der Waals surface area contributed by atoms with Crippen LogP contribution in [0.4, 0.5) is 5.13 Å². The fourth-order valence-corrected chi connectivity index (χ4v) is 5.85. The van der Waals surface area contributed by atoms with Gasteiger partial charge >= 0.3 is 5.97 Å². The van der Waals surface area contributed by atoms with E-state index in [0.717, 1.165) is 47.7 Å². The van der Waals surface area contributed by atoms with Crippen LogP contribution in [0.5, 0.6) is 0 Å². The van der Waals surface area contributed by atoms with Gasteiger partial charge in [-0.3, -0.25) is 19.1 Å². The van der Waals surface area contributed by atoms with E-state index >= 15 is 0 Å². The monoisotopic (exact) mass is 501 g/mol. The third-order valence-corrected chi connectivity index (χ3v) is 7.95. The van der Waals surface area contributed by atoms with Crippen molar-refractivity contribution in [3.63, 3.8) is 0 Å². The van der Waals surface area contributed by atoms with Crippen molar-refractivity contribution >= 4 is 49.9 Å². The summed E-state index contributed by atoms with van der Waals surface area (Å²) in [6.07, 6.45) is 3.71. The largest absolute Gasteiger partial charge is 0.457 e. The van der Waals surface area contributed by atoms with E-state index in [2.05, 4.69) is 21.8 Å². The molecule has 0 atom stereocenters. The molecular formula is C23H27N5O4S2. The average Bonchev–Trinajstić information content (AvgIpc) is 3.49. The number of fused-ring (bicyclic) bond motifs is 1. The topological polar surface area (TPSA) is 106 Å². The van der Waals surface area contributed by atoms with E-state index in [4.69, 9.17) is 9.72 Å². The maximum absolute atomic E-state index is 13.4. The average molecular weight is 502 g/mol. The van der Waals surface area contributed by atoms with Crippen molar-refractivity contribution in [3.05, 3.63) is 49.8 Å². The van der Waals surface area contributed by atoms with E-state index in [1.807, 2.05) is 13.8 Å². The van der Waals surface area contributed by atoms with Gasteiger partial charge in [0.05, 0.1) is 17.6 Å². The summed E-state index contributed by atoms with van der Waals surface area (Å²) in [6, 6.07) is 0. The van der Waals surface area contributed by atoms with E-state index in [1.54, 1.807) is 6.92 Å². The summed E-state index contributed by atoms with van der Waals surface area (Å²) in [5.74, 6) is -0.340.